The molecule has 1 atom stereocenters. The van der Waals surface area contributed by atoms with Crippen LogP contribution >= 0.6 is 11.3 Å². The van der Waals surface area contributed by atoms with Crippen molar-refractivity contribution in [2.24, 2.45) is 0 Å². The van der Waals surface area contributed by atoms with Crippen LogP contribution in [-0.4, -0.2) is 11.5 Å². The van der Waals surface area contributed by atoms with Crippen LogP contribution in [0, 0.1) is 12.7 Å². The van der Waals surface area contributed by atoms with Crippen LogP contribution in [0.2, 0.25) is 0 Å². The molecule has 0 amide bonds. The number of aryl methyl sites for hydroxylation is 1. The Balaban J connectivity index is 2.33. The van der Waals surface area contributed by atoms with Crippen LogP contribution in [0.4, 0.5) is 4.39 Å². The Morgan fingerprint density at radius 2 is 2.17 bits per heavy atom. The molecule has 0 saturated heterocycles. The molecule has 0 aliphatic heterocycles. The SMILES string of the molecule is CCCNC(c1nc(C)cs1)c1ccccc1F. The maximum absolute atomic E-state index is 13.9. The lowest BCUT2D eigenvalue weighted by atomic mass is 10.1. The highest BCUT2D eigenvalue weighted by Gasteiger charge is 2.19. The molecule has 0 radical (unpaired) electrons. The van der Waals surface area contributed by atoms with Gasteiger partial charge in [0.1, 0.15) is 10.8 Å². The van der Waals surface area contributed by atoms with Gasteiger partial charge in [0.2, 0.25) is 0 Å². The van der Waals surface area contributed by atoms with E-state index in [-0.39, 0.29) is 11.9 Å². The number of nitrogens with one attached hydrogen (secondary N) is 1. The van der Waals surface area contributed by atoms with Crippen molar-refractivity contribution in [3.8, 4) is 0 Å². The Morgan fingerprint density at radius 1 is 1.39 bits per heavy atom. The van der Waals surface area contributed by atoms with Gasteiger partial charge in [0.25, 0.3) is 0 Å². The van der Waals surface area contributed by atoms with Crippen molar-refractivity contribution in [2.45, 2.75) is 26.3 Å². The summed E-state index contributed by atoms with van der Waals surface area (Å²) >= 11 is 1.57. The second kappa shape index (κ2) is 6.07. The zero-order valence-electron chi connectivity index (χ0n) is 10.6. The number of halogens is 1. The standard InChI is InChI=1S/C14H17FN2S/c1-3-8-16-13(14-17-10(2)9-18-14)11-6-4-5-7-12(11)15/h4-7,9,13,16H,3,8H2,1-2H3. The summed E-state index contributed by atoms with van der Waals surface area (Å²) in [5.74, 6) is -0.182. The Bertz CT molecular complexity index is 510. The molecule has 0 fully saturated rings. The van der Waals surface area contributed by atoms with E-state index in [4.69, 9.17) is 0 Å². The molecule has 2 aromatic rings. The Labute approximate surface area is 111 Å². The monoisotopic (exact) mass is 264 g/mol. The third kappa shape index (κ3) is 2.94. The first-order valence-electron chi connectivity index (χ1n) is 6.12. The highest BCUT2D eigenvalue weighted by atomic mass is 32.1. The molecule has 0 aliphatic rings. The van der Waals surface area contributed by atoms with Crippen molar-refractivity contribution in [2.75, 3.05) is 6.54 Å². The van der Waals surface area contributed by atoms with Crippen molar-refractivity contribution >= 4 is 11.3 Å². The maximum atomic E-state index is 13.9. The highest BCUT2D eigenvalue weighted by molar-refractivity contribution is 7.09. The summed E-state index contributed by atoms with van der Waals surface area (Å²) in [4.78, 5) is 4.47. The summed E-state index contributed by atoms with van der Waals surface area (Å²) in [6.07, 6.45) is 1.01. The number of hydrogen-bond acceptors (Lipinski definition) is 3. The van der Waals surface area contributed by atoms with E-state index in [9.17, 15) is 4.39 Å². The molecular weight excluding hydrogens is 247 g/mol. The van der Waals surface area contributed by atoms with E-state index < -0.39 is 0 Å². The van der Waals surface area contributed by atoms with E-state index in [1.54, 1.807) is 17.4 Å². The summed E-state index contributed by atoms with van der Waals surface area (Å²) in [6, 6.07) is 6.74. The number of benzene rings is 1. The first-order valence-corrected chi connectivity index (χ1v) is 7.00. The smallest absolute Gasteiger partial charge is 0.128 e. The average molecular weight is 264 g/mol. The van der Waals surface area contributed by atoms with Gasteiger partial charge in [-0.1, -0.05) is 25.1 Å². The van der Waals surface area contributed by atoms with Gasteiger partial charge in [-0.2, -0.15) is 0 Å². The van der Waals surface area contributed by atoms with Gasteiger partial charge < -0.3 is 5.32 Å². The quantitative estimate of drug-likeness (QED) is 0.891. The van der Waals surface area contributed by atoms with E-state index in [1.165, 1.54) is 6.07 Å². The Hall–Kier alpha value is -1.26. The van der Waals surface area contributed by atoms with E-state index in [2.05, 4.69) is 17.2 Å². The molecule has 18 heavy (non-hydrogen) atoms. The molecule has 1 aromatic carbocycles. The second-order valence-electron chi connectivity index (χ2n) is 4.24. The summed E-state index contributed by atoms with van der Waals surface area (Å²) < 4.78 is 13.9. The number of hydrogen-bond donors (Lipinski definition) is 1. The largest absolute Gasteiger partial charge is 0.304 e. The second-order valence-corrected chi connectivity index (χ2v) is 5.13. The van der Waals surface area contributed by atoms with Crippen LogP contribution in [0.25, 0.3) is 0 Å². The van der Waals surface area contributed by atoms with Gasteiger partial charge in [-0.15, -0.1) is 11.3 Å². The van der Waals surface area contributed by atoms with Crippen molar-refractivity contribution in [1.82, 2.24) is 10.3 Å². The number of nitrogens with zero attached hydrogens (tertiary/aromatic N) is 1. The average Bonchev–Trinajstić information content (AvgIpc) is 2.78. The molecule has 0 bridgehead atoms. The third-order valence-corrected chi connectivity index (χ3v) is 3.73. The molecule has 4 heteroatoms. The predicted molar refractivity (Wildman–Crippen MR) is 73.4 cm³/mol. The van der Waals surface area contributed by atoms with Crippen LogP contribution in [0.15, 0.2) is 29.6 Å². The minimum Gasteiger partial charge on any atom is -0.304 e. The first kappa shape index (κ1) is 13.2. The van der Waals surface area contributed by atoms with Gasteiger partial charge in [0.05, 0.1) is 6.04 Å². The van der Waals surface area contributed by atoms with Crippen LogP contribution in [0.5, 0.6) is 0 Å². The topological polar surface area (TPSA) is 24.9 Å². The molecule has 2 rings (SSSR count). The Morgan fingerprint density at radius 3 is 2.78 bits per heavy atom. The fourth-order valence-corrected chi connectivity index (χ4v) is 2.72. The molecule has 2 nitrogen and oxygen atoms in total. The molecule has 96 valence electrons. The molecule has 1 unspecified atom stereocenters. The third-order valence-electron chi connectivity index (χ3n) is 2.70. The fraction of sp³-hybridized carbons (Fsp3) is 0.357. The number of rotatable bonds is 5. The van der Waals surface area contributed by atoms with Gasteiger partial charge in [0, 0.05) is 16.6 Å². The van der Waals surface area contributed by atoms with Crippen LogP contribution in [-0.2, 0) is 0 Å². The molecule has 0 aliphatic carbocycles. The lowest BCUT2D eigenvalue weighted by Gasteiger charge is -2.17. The lowest BCUT2D eigenvalue weighted by molar-refractivity contribution is 0.545. The molecule has 0 saturated carbocycles. The van der Waals surface area contributed by atoms with Gasteiger partial charge in [-0.3, -0.25) is 0 Å². The van der Waals surface area contributed by atoms with E-state index in [1.807, 2.05) is 24.4 Å². The number of thiazole rings is 1. The van der Waals surface area contributed by atoms with Crippen LogP contribution < -0.4 is 5.32 Å². The van der Waals surface area contributed by atoms with Gasteiger partial charge in [-0.25, -0.2) is 9.37 Å². The molecular formula is C14H17FN2S. The summed E-state index contributed by atoms with van der Waals surface area (Å²) in [7, 11) is 0. The predicted octanol–water partition coefficient (Wildman–Crippen LogP) is 3.68. The minimum atomic E-state index is -0.182. The van der Waals surface area contributed by atoms with E-state index >= 15 is 0 Å². The van der Waals surface area contributed by atoms with Crippen molar-refractivity contribution < 1.29 is 4.39 Å². The minimum absolute atomic E-state index is 0.148. The fourth-order valence-electron chi connectivity index (χ4n) is 1.83. The lowest BCUT2D eigenvalue weighted by Crippen LogP contribution is -2.24. The van der Waals surface area contributed by atoms with Crippen molar-refractivity contribution in [3.05, 3.63) is 51.7 Å². The summed E-state index contributed by atoms with van der Waals surface area (Å²) in [6.45, 7) is 4.90. The van der Waals surface area contributed by atoms with E-state index in [0.29, 0.717) is 5.56 Å². The molecule has 1 aromatic heterocycles. The van der Waals surface area contributed by atoms with Crippen molar-refractivity contribution in [3.63, 3.8) is 0 Å². The zero-order chi connectivity index (χ0) is 13.0. The first-order chi connectivity index (χ1) is 8.72. The summed E-state index contributed by atoms with van der Waals surface area (Å²) in [5.41, 5.74) is 1.65. The molecule has 1 heterocycles. The number of aromatic nitrogens is 1. The maximum Gasteiger partial charge on any atom is 0.128 e. The van der Waals surface area contributed by atoms with Crippen molar-refractivity contribution in [1.29, 1.82) is 0 Å². The molecule has 0 spiro atoms. The van der Waals surface area contributed by atoms with Gasteiger partial charge in [-0.05, 0) is 26.0 Å². The van der Waals surface area contributed by atoms with Crippen LogP contribution in [0.3, 0.4) is 0 Å². The van der Waals surface area contributed by atoms with E-state index in [0.717, 1.165) is 23.7 Å². The van der Waals surface area contributed by atoms with Gasteiger partial charge >= 0.3 is 0 Å². The highest BCUT2D eigenvalue weighted by Crippen LogP contribution is 2.26. The Kier molecular flexibility index (Phi) is 4.44. The van der Waals surface area contributed by atoms with Gasteiger partial charge in [0.15, 0.2) is 0 Å². The van der Waals surface area contributed by atoms with Crippen LogP contribution in [0.1, 0.15) is 35.7 Å². The molecule has 1 N–H and O–H groups in total. The zero-order valence-corrected chi connectivity index (χ0v) is 11.4. The summed E-state index contributed by atoms with van der Waals surface area (Å²) in [5, 5.41) is 6.28. The normalized spacial score (nSPS) is 12.6.